The van der Waals surface area contributed by atoms with E-state index in [9.17, 15) is 0 Å². The van der Waals surface area contributed by atoms with Crippen molar-refractivity contribution < 1.29 is 14.2 Å². The molecule has 7 heteroatoms. The number of hydrogen-bond donors (Lipinski definition) is 0. The molecule has 4 heterocycles. The van der Waals surface area contributed by atoms with Crippen molar-refractivity contribution in [3.05, 3.63) is 35.8 Å². The maximum absolute atomic E-state index is 6.01. The average molecular weight is 370 g/mol. The van der Waals surface area contributed by atoms with Crippen LogP contribution in [0.1, 0.15) is 25.1 Å². The number of morpholine rings is 1. The second-order valence-electron chi connectivity index (χ2n) is 7.54. The molecule has 0 amide bonds. The van der Waals surface area contributed by atoms with E-state index < -0.39 is 5.79 Å². The van der Waals surface area contributed by atoms with Crippen LogP contribution in [0.4, 0.5) is 5.82 Å². The van der Waals surface area contributed by atoms with Crippen molar-refractivity contribution >= 4 is 5.82 Å². The molecule has 4 rings (SSSR count). The first kappa shape index (κ1) is 18.3. The fourth-order valence-corrected chi connectivity index (χ4v) is 3.54. The Balaban J connectivity index is 1.60. The standard InChI is InChI=1S/C20H26N4O3/c1-13-14(2)22-18(15-5-7-21-8-6-15)23-19(13)24-9-10-25-16(11-24)17-12-26-20(3,4)27-17/h5-8,16-17H,9-12H2,1-4H3/t16-,17-/m0/s1. The number of pyridine rings is 1. The molecule has 7 nitrogen and oxygen atoms in total. The largest absolute Gasteiger partial charge is 0.372 e. The molecule has 2 fully saturated rings. The van der Waals surface area contributed by atoms with E-state index in [4.69, 9.17) is 19.2 Å². The van der Waals surface area contributed by atoms with Crippen LogP contribution >= 0.6 is 0 Å². The minimum Gasteiger partial charge on any atom is -0.372 e. The SMILES string of the molecule is Cc1nc(-c2ccncc2)nc(N2CCO[C@H]([C@@H]3COC(C)(C)O3)C2)c1C. The minimum atomic E-state index is -0.549. The third-order valence-electron chi connectivity index (χ3n) is 5.14. The molecule has 0 spiro atoms. The molecule has 2 atom stereocenters. The van der Waals surface area contributed by atoms with Crippen LogP contribution in [0.25, 0.3) is 11.4 Å². The summed E-state index contributed by atoms with van der Waals surface area (Å²) >= 11 is 0. The molecule has 0 unspecified atom stereocenters. The lowest BCUT2D eigenvalue weighted by Gasteiger charge is -2.36. The Kier molecular flexibility index (Phi) is 4.84. The molecule has 0 aliphatic carbocycles. The third-order valence-corrected chi connectivity index (χ3v) is 5.14. The molecule has 2 aliphatic rings. The van der Waals surface area contributed by atoms with E-state index in [0.717, 1.165) is 41.6 Å². The van der Waals surface area contributed by atoms with Gasteiger partial charge in [-0.05, 0) is 39.8 Å². The zero-order valence-corrected chi connectivity index (χ0v) is 16.3. The Morgan fingerprint density at radius 1 is 1.11 bits per heavy atom. The zero-order valence-electron chi connectivity index (χ0n) is 16.3. The highest BCUT2D eigenvalue weighted by molar-refractivity contribution is 5.60. The second-order valence-corrected chi connectivity index (χ2v) is 7.54. The van der Waals surface area contributed by atoms with Crippen molar-refractivity contribution in [3.8, 4) is 11.4 Å². The summed E-state index contributed by atoms with van der Waals surface area (Å²) in [5.74, 6) is 1.13. The summed E-state index contributed by atoms with van der Waals surface area (Å²) < 4.78 is 17.7. The molecule has 2 aromatic heterocycles. The molecule has 0 saturated carbocycles. The lowest BCUT2D eigenvalue weighted by atomic mass is 10.1. The van der Waals surface area contributed by atoms with Gasteiger partial charge in [0.15, 0.2) is 11.6 Å². The third kappa shape index (κ3) is 3.81. The maximum atomic E-state index is 6.01. The summed E-state index contributed by atoms with van der Waals surface area (Å²) in [5.41, 5.74) is 3.04. The van der Waals surface area contributed by atoms with Gasteiger partial charge in [-0.2, -0.15) is 0 Å². The zero-order chi connectivity index (χ0) is 19.0. The van der Waals surface area contributed by atoms with Gasteiger partial charge in [-0.1, -0.05) is 0 Å². The molecule has 0 bridgehead atoms. The van der Waals surface area contributed by atoms with E-state index in [0.29, 0.717) is 13.2 Å². The number of aryl methyl sites for hydroxylation is 1. The Morgan fingerprint density at radius 3 is 2.59 bits per heavy atom. The van der Waals surface area contributed by atoms with Gasteiger partial charge >= 0.3 is 0 Å². The average Bonchev–Trinajstić information content (AvgIpc) is 3.04. The number of nitrogens with zero attached hydrogens (tertiary/aromatic N) is 4. The van der Waals surface area contributed by atoms with E-state index in [2.05, 4.69) is 21.8 Å². The minimum absolute atomic E-state index is 0.0421. The van der Waals surface area contributed by atoms with Gasteiger partial charge in [0.2, 0.25) is 0 Å². The van der Waals surface area contributed by atoms with Gasteiger partial charge < -0.3 is 19.1 Å². The van der Waals surface area contributed by atoms with Gasteiger partial charge in [0, 0.05) is 42.3 Å². The van der Waals surface area contributed by atoms with Crippen LogP contribution in [0.15, 0.2) is 24.5 Å². The van der Waals surface area contributed by atoms with Crippen molar-refractivity contribution in [1.29, 1.82) is 0 Å². The van der Waals surface area contributed by atoms with Crippen molar-refractivity contribution in [3.63, 3.8) is 0 Å². The quantitative estimate of drug-likeness (QED) is 0.822. The van der Waals surface area contributed by atoms with Crippen LogP contribution in [0.3, 0.4) is 0 Å². The van der Waals surface area contributed by atoms with E-state index in [1.54, 1.807) is 12.4 Å². The van der Waals surface area contributed by atoms with E-state index >= 15 is 0 Å². The molecule has 0 aromatic carbocycles. The van der Waals surface area contributed by atoms with Crippen LogP contribution in [0.2, 0.25) is 0 Å². The monoisotopic (exact) mass is 370 g/mol. The van der Waals surface area contributed by atoms with Gasteiger partial charge in [-0.3, -0.25) is 4.98 Å². The van der Waals surface area contributed by atoms with Crippen molar-refractivity contribution in [2.24, 2.45) is 0 Å². The molecule has 27 heavy (non-hydrogen) atoms. The highest BCUT2D eigenvalue weighted by Crippen LogP contribution is 2.30. The Hall–Kier alpha value is -2.09. The van der Waals surface area contributed by atoms with Crippen LogP contribution < -0.4 is 4.90 Å². The smallest absolute Gasteiger partial charge is 0.163 e. The number of hydrogen-bond acceptors (Lipinski definition) is 7. The second kappa shape index (κ2) is 7.14. The van der Waals surface area contributed by atoms with Crippen molar-refractivity contribution in [2.75, 3.05) is 31.2 Å². The number of ether oxygens (including phenoxy) is 3. The summed E-state index contributed by atoms with van der Waals surface area (Å²) in [5, 5.41) is 0. The van der Waals surface area contributed by atoms with Crippen LogP contribution in [-0.2, 0) is 14.2 Å². The van der Waals surface area contributed by atoms with Gasteiger partial charge in [-0.15, -0.1) is 0 Å². The van der Waals surface area contributed by atoms with Crippen LogP contribution in [-0.4, -0.2) is 59.3 Å². The molecule has 2 aromatic rings. The lowest BCUT2D eigenvalue weighted by Crippen LogP contribution is -2.49. The maximum Gasteiger partial charge on any atom is 0.163 e. The summed E-state index contributed by atoms with van der Waals surface area (Å²) in [7, 11) is 0. The first-order chi connectivity index (χ1) is 12.9. The Labute approximate surface area is 159 Å². The number of rotatable bonds is 3. The highest BCUT2D eigenvalue weighted by atomic mass is 16.7. The molecular formula is C20H26N4O3. The molecule has 2 aliphatic heterocycles. The molecule has 0 N–H and O–H groups in total. The van der Waals surface area contributed by atoms with E-state index in [-0.39, 0.29) is 12.2 Å². The predicted octanol–water partition coefficient (Wildman–Crippen LogP) is 2.51. The van der Waals surface area contributed by atoms with Gasteiger partial charge in [0.05, 0.1) is 13.2 Å². The topological polar surface area (TPSA) is 69.6 Å². The van der Waals surface area contributed by atoms with E-state index in [1.165, 1.54) is 0 Å². The van der Waals surface area contributed by atoms with Crippen molar-refractivity contribution in [2.45, 2.75) is 45.7 Å². The molecular weight excluding hydrogens is 344 g/mol. The number of aromatic nitrogens is 3. The Morgan fingerprint density at radius 2 is 1.89 bits per heavy atom. The summed E-state index contributed by atoms with van der Waals surface area (Å²) in [6.45, 7) is 10.7. The highest BCUT2D eigenvalue weighted by Gasteiger charge is 2.40. The van der Waals surface area contributed by atoms with Crippen molar-refractivity contribution in [1.82, 2.24) is 15.0 Å². The van der Waals surface area contributed by atoms with Gasteiger partial charge in [0.25, 0.3) is 0 Å². The fraction of sp³-hybridized carbons (Fsp3) is 0.550. The summed E-state index contributed by atoms with van der Waals surface area (Å²) in [4.78, 5) is 15.9. The predicted molar refractivity (Wildman–Crippen MR) is 102 cm³/mol. The first-order valence-corrected chi connectivity index (χ1v) is 9.37. The first-order valence-electron chi connectivity index (χ1n) is 9.37. The lowest BCUT2D eigenvalue weighted by molar-refractivity contribution is -0.157. The Bertz CT molecular complexity index is 812. The molecule has 144 valence electrons. The number of anilines is 1. The van der Waals surface area contributed by atoms with Gasteiger partial charge in [-0.25, -0.2) is 9.97 Å². The van der Waals surface area contributed by atoms with E-state index in [1.807, 2.05) is 32.9 Å². The summed E-state index contributed by atoms with van der Waals surface area (Å²) in [6, 6.07) is 3.86. The van der Waals surface area contributed by atoms with Crippen LogP contribution in [0.5, 0.6) is 0 Å². The summed E-state index contributed by atoms with van der Waals surface area (Å²) in [6.07, 6.45) is 3.42. The van der Waals surface area contributed by atoms with Crippen LogP contribution in [0, 0.1) is 13.8 Å². The fourth-order valence-electron chi connectivity index (χ4n) is 3.54. The normalized spacial score (nSPS) is 25.0. The molecule has 0 radical (unpaired) electrons. The van der Waals surface area contributed by atoms with Gasteiger partial charge in [0.1, 0.15) is 18.0 Å². The molecule has 2 saturated heterocycles.